The van der Waals surface area contributed by atoms with Crippen molar-refractivity contribution in [1.82, 2.24) is 0 Å². The first kappa shape index (κ1) is 26.2. The Morgan fingerprint density at radius 1 is 0.792 bits per heavy atom. The molecule has 1 rings (SSSR count). The van der Waals surface area contributed by atoms with Crippen LogP contribution in [0.3, 0.4) is 0 Å². The molecule has 0 aromatic heterocycles. The quantitative estimate of drug-likeness (QED) is 0.123. The van der Waals surface area contributed by atoms with Crippen molar-refractivity contribution >= 4 is 146 Å². The van der Waals surface area contributed by atoms with Gasteiger partial charge in [-0.25, -0.2) is 0 Å². The summed E-state index contributed by atoms with van der Waals surface area (Å²) in [4.78, 5) is 0. The lowest BCUT2D eigenvalue weighted by atomic mass is 10.2. The van der Waals surface area contributed by atoms with Gasteiger partial charge >= 0.3 is 0 Å². The monoisotopic (exact) mass is 552 g/mol. The van der Waals surface area contributed by atoms with E-state index in [1.54, 1.807) is 0 Å². The number of hydrogen-bond acceptors (Lipinski definition) is 12. The summed E-state index contributed by atoms with van der Waals surface area (Å²) in [5.41, 5.74) is 0. The van der Waals surface area contributed by atoms with Crippen LogP contribution in [-0.2, 0) is 0 Å². The molecule has 1 aliphatic rings. The van der Waals surface area contributed by atoms with E-state index in [1.165, 1.54) is 5.08 Å². The predicted octanol–water partition coefficient (Wildman–Crippen LogP) is 5.93. The molecule has 0 saturated carbocycles. The first-order valence-electron chi connectivity index (χ1n) is 7.08. The fourth-order valence-electron chi connectivity index (χ4n) is 2.07. The maximum absolute atomic E-state index is 4.97. The number of thiol groups is 6. The predicted molar refractivity (Wildman–Crippen MR) is 151 cm³/mol. The Hall–Kier alpha value is 4.20. The van der Waals surface area contributed by atoms with Gasteiger partial charge in [-0.1, -0.05) is 0 Å². The Morgan fingerprint density at radius 3 is 1.83 bits per heavy atom. The molecule has 0 amide bonds. The van der Waals surface area contributed by atoms with Gasteiger partial charge in [0, 0.05) is 52.8 Å². The van der Waals surface area contributed by atoms with E-state index in [1.807, 2.05) is 58.8 Å². The Bertz CT molecular complexity index is 318. The van der Waals surface area contributed by atoms with E-state index in [9.17, 15) is 0 Å². The lowest BCUT2D eigenvalue weighted by molar-refractivity contribution is 0.778. The molecule has 0 nitrogen and oxygen atoms in total. The summed E-state index contributed by atoms with van der Waals surface area (Å²) in [6.07, 6.45) is 0. The van der Waals surface area contributed by atoms with E-state index in [4.69, 9.17) is 25.3 Å². The highest BCUT2D eigenvalue weighted by atomic mass is 32.3. The average molecular weight is 553 g/mol. The Morgan fingerprint density at radius 2 is 1.33 bits per heavy atom. The van der Waals surface area contributed by atoms with Gasteiger partial charge < -0.3 is 0 Å². The molecule has 0 aromatic rings. The molecule has 0 N–H and O–H groups in total. The molecule has 0 radical (unpaired) electrons. The van der Waals surface area contributed by atoms with Gasteiger partial charge in [0.2, 0.25) is 0 Å². The summed E-state index contributed by atoms with van der Waals surface area (Å²) in [5, 5.41) is 5.01. The molecule has 0 aliphatic carbocycles. The van der Waals surface area contributed by atoms with E-state index in [-0.39, 0.29) is 5.25 Å². The zero-order valence-electron chi connectivity index (χ0n) is 12.8. The normalized spacial score (nSPS) is 26.2. The molecule has 1 aliphatic heterocycles. The number of thioether (sulfide) groups is 6. The lowest BCUT2D eigenvalue weighted by Crippen LogP contribution is -2.38. The Labute approximate surface area is 205 Å². The van der Waals surface area contributed by atoms with Crippen molar-refractivity contribution in [2.24, 2.45) is 0 Å². The highest BCUT2D eigenvalue weighted by molar-refractivity contribution is 8.33. The average Bonchev–Trinajstić information content (AvgIpc) is 3.02. The zero-order chi connectivity index (χ0) is 17.9. The summed E-state index contributed by atoms with van der Waals surface area (Å²) < 4.78 is 1.28. The van der Waals surface area contributed by atoms with Gasteiger partial charge in [0.05, 0.1) is 9.16 Å². The third-order valence-corrected chi connectivity index (χ3v) is 15.8. The summed E-state index contributed by atoms with van der Waals surface area (Å²) >= 11 is 39.2. The number of rotatable bonds is 13. The minimum absolute atomic E-state index is 0.242. The molecule has 24 heavy (non-hydrogen) atoms. The van der Waals surface area contributed by atoms with Gasteiger partial charge in [-0.2, -0.15) is 75.8 Å². The van der Waals surface area contributed by atoms with Crippen molar-refractivity contribution in [3.8, 4) is 0 Å². The molecule has 0 bridgehead atoms. The van der Waals surface area contributed by atoms with Crippen LogP contribution in [-0.4, -0.2) is 62.0 Å². The SMILES string of the molecule is SCSC1SCSC1SCC(S)C(SCS)C(SCS)C(S)CS. The van der Waals surface area contributed by atoms with Crippen LogP contribution in [0, 0.1) is 0 Å². The second-order valence-corrected chi connectivity index (χ2v) is 16.4. The summed E-state index contributed by atoms with van der Waals surface area (Å²) in [7, 11) is 0. The topological polar surface area (TPSA) is 0 Å². The van der Waals surface area contributed by atoms with Crippen LogP contribution < -0.4 is 0 Å². The van der Waals surface area contributed by atoms with Crippen molar-refractivity contribution in [1.29, 1.82) is 0 Å². The molecule has 1 saturated heterocycles. The minimum Gasteiger partial charge on any atom is -0.178 e. The fraction of sp³-hybridized carbons (Fsp3) is 1.00. The highest BCUT2D eigenvalue weighted by Crippen LogP contribution is 2.48. The van der Waals surface area contributed by atoms with Gasteiger partial charge in [-0.15, -0.1) is 70.6 Å². The van der Waals surface area contributed by atoms with E-state index in [0.29, 0.717) is 24.9 Å². The van der Waals surface area contributed by atoms with Crippen molar-refractivity contribution in [2.45, 2.75) is 30.2 Å². The summed E-state index contributed by atoms with van der Waals surface area (Å²) in [6, 6.07) is 0. The maximum atomic E-state index is 4.97. The van der Waals surface area contributed by atoms with Crippen LogP contribution in [0.25, 0.3) is 0 Å². The summed E-state index contributed by atoms with van der Waals surface area (Å²) in [6.45, 7) is 0. The van der Waals surface area contributed by atoms with Crippen LogP contribution in [0.2, 0.25) is 0 Å². The molecule has 0 spiro atoms. The largest absolute Gasteiger partial charge is 0.178 e. The third-order valence-electron chi connectivity index (χ3n) is 3.16. The van der Waals surface area contributed by atoms with E-state index in [2.05, 4.69) is 62.3 Å². The molecule has 0 aromatic carbocycles. The van der Waals surface area contributed by atoms with Gasteiger partial charge in [-0.05, 0) is 0 Å². The van der Waals surface area contributed by atoms with Crippen molar-refractivity contribution in [3.05, 3.63) is 0 Å². The standard InChI is InChI=1S/C12H24S12/c13-1-7(17)9(20-3-14)10(21-4-15)8(18)2-19-11-12(22-5-16)24-6-23-11/h7-18H,1-6H2. The fourth-order valence-corrected chi connectivity index (χ4v) is 14.8. The molecule has 1 fully saturated rings. The van der Waals surface area contributed by atoms with Crippen molar-refractivity contribution < 1.29 is 0 Å². The number of hydrogen-bond donors (Lipinski definition) is 6. The molecule has 6 unspecified atom stereocenters. The van der Waals surface area contributed by atoms with Crippen LogP contribution in [0.4, 0.5) is 0 Å². The Balaban J connectivity index is 2.62. The Kier molecular flexibility index (Phi) is 17.5. The molecule has 6 atom stereocenters. The first-order valence-corrected chi connectivity index (χ1v) is 16.9. The van der Waals surface area contributed by atoms with Gasteiger partial charge in [-0.3, -0.25) is 0 Å². The molecule has 1 heterocycles. The van der Waals surface area contributed by atoms with Crippen LogP contribution in [0.1, 0.15) is 0 Å². The van der Waals surface area contributed by atoms with Crippen molar-refractivity contribution in [2.75, 3.05) is 31.8 Å². The van der Waals surface area contributed by atoms with Crippen molar-refractivity contribution in [3.63, 3.8) is 0 Å². The molecule has 144 valence electrons. The molecule has 12 heteroatoms. The zero-order valence-corrected chi connectivity index (χ0v) is 23.1. The highest BCUT2D eigenvalue weighted by Gasteiger charge is 2.34. The second kappa shape index (κ2) is 16.0. The van der Waals surface area contributed by atoms with Gasteiger partial charge in [0.15, 0.2) is 0 Å². The van der Waals surface area contributed by atoms with Gasteiger partial charge in [0.1, 0.15) is 0 Å². The molecular weight excluding hydrogens is 529 g/mol. The van der Waals surface area contributed by atoms with E-state index in [0.717, 1.165) is 26.8 Å². The lowest BCUT2D eigenvalue weighted by Gasteiger charge is -2.33. The van der Waals surface area contributed by atoms with Crippen LogP contribution in [0.15, 0.2) is 0 Å². The minimum atomic E-state index is 0.242. The second-order valence-electron chi connectivity index (χ2n) is 4.66. The van der Waals surface area contributed by atoms with Gasteiger partial charge in [0.25, 0.3) is 0 Å². The first-order chi connectivity index (χ1) is 11.6. The van der Waals surface area contributed by atoms with E-state index >= 15 is 0 Å². The summed E-state index contributed by atoms with van der Waals surface area (Å²) in [5.74, 6) is 1.81. The third kappa shape index (κ3) is 9.34. The van der Waals surface area contributed by atoms with E-state index < -0.39 is 0 Å². The van der Waals surface area contributed by atoms with Crippen LogP contribution >= 0.6 is 146 Å². The molecular formula is C12H24S12. The maximum Gasteiger partial charge on any atom is 0.0729 e. The van der Waals surface area contributed by atoms with Crippen LogP contribution in [0.5, 0.6) is 0 Å². The smallest absolute Gasteiger partial charge is 0.0729 e.